The second-order valence-corrected chi connectivity index (χ2v) is 6.46. The molecule has 0 atom stereocenters. The van der Waals surface area contributed by atoms with Gasteiger partial charge in [-0.1, -0.05) is 30.3 Å². The van der Waals surface area contributed by atoms with Gasteiger partial charge in [0.2, 0.25) is 10.0 Å². The number of primary sulfonamides is 1. The van der Waals surface area contributed by atoms with Gasteiger partial charge in [0.1, 0.15) is 5.71 Å². The van der Waals surface area contributed by atoms with Gasteiger partial charge in [-0.25, -0.2) is 13.6 Å². The molecule has 3 N–H and O–H groups in total. The van der Waals surface area contributed by atoms with Crippen LogP contribution < -0.4 is 10.6 Å². The third-order valence-electron chi connectivity index (χ3n) is 3.04. The number of benzene rings is 2. The van der Waals surface area contributed by atoms with Gasteiger partial charge in [-0.2, -0.15) is 18.3 Å². The highest BCUT2D eigenvalue weighted by molar-refractivity contribution is 7.89. The van der Waals surface area contributed by atoms with E-state index in [1.54, 1.807) is 30.3 Å². The van der Waals surface area contributed by atoms with Crippen molar-refractivity contribution in [3.63, 3.8) is 0 Å². The summed E-state index contributed by atoms with van der Waals surface area (Å²) in [6, 6.07) is 13.0. The van der Waals surface area contributed by atoms with E-state index in [0.717, 1.165) is 0 Å². The molecule has 0 spiro atoms. The van der Waals surface area contributed by atoms with E-state index in [4.69, 9.17) is 5.14 Å². The number of nitrogens with zero attached hydrogens (tertiary/aromatic N) is 1. The Kier molecular flexibility index (Phi) is 5.25. The minimum Gasteiger partial charge on any atom is -0.278 e. The summed E-state index contributed by atoms with van der Waals surface area (Å²) in [4.78, 5) is -0.141. The van der Waals surface area contributed by atoms with Crippen LogP contribution in [0.4, 0.5) is 18.9 Å². The van der Waals surface area contributed by atoms with Crippen molar-refractivity contribution in [1.82, 2.24) is 0 Å². The Morgan fingerprint density at radius 1 is 1.04 bits per heavy atom. The highest BCUT2D eigenvalue weighted by Crippen LogP contribution is 2.21. The normalized spacial score (nSPS) is 12.9. The Hall–Kier alpha value is -2.39. The lowest BCUT2D eigenvalue weighted by atomic mass is 10.1. The van der Waals surface area contributed by atoms with E-state index < -0.39 is 21.9 Å². The van der Waals surface area contributed by atoms with Crippen molar-refractivity contribution >= 4 is 21.4 Å². The van der Waals surface area contributed by atoms with Crippen LogP contribution in [-0.2, 0) is 16.4 Å². The van der Waals surface area contributed by atoms with E-state index in [0.29, 0.717) is 5.56 Å². The number of alkyl halides is 3. The molecular formula is C15H14F3N3O2S. The smallest absolute Gasteiger partial charge is 0.278 e. The number of halogens is 3. The minimum absolute atomic E-state index is 0.141. The van der Waals surface area contributed by atoms with Gasteiger partial charge in [0, 0.05) is 6.42 Å². The highest BCUT2D eigenvalue weighted by atomic mass is 32.2. The first-order valence-corrected chi connectivity index (χ1v) is 8.27. The molecule has 2 aromatic rings. The maximum Gasteiger partial charge on any atom is 0.431 e. The van der Waals surface area contributed by atoms with Gasteiger partial charge in [-0.05, 0) is 29.8 Å². The molecule has 2 rings (SSSR count). The molecular weight excluding hydrogens is 343 g/mol. The number of anilines is 1. The highest BCUT2D eigenvalue weighted by Gasteiger charge is 2.35. The first-order chi connectivity index (χ1) is 11.2. The van der Waals surface area contributed by atoms with Gasteiger partial charge < -0.3 is 0 Å². The largest absolute Gasteiger partial charge is 0.431 e. The summed E-state index contributed by atoms with van der Waals surface area (Å²) >= 11 is 0. The third-order valence-corrected chi connectivity index (χ3v) is 3.97. The lowest BCUT2D eigenvalue weighted by molar-refractivity contribution is -0.0601. The number of nitrogens with two attached hydrogens (primary N) is 1. The van der Waals surface area contributed by atoms with E-state index in [2.05, 4.69) is 10.5 Å². The van der Waals surface area contributed by atoms with Gasteiger partial charge in [0.15, 0.2) is 0 Å². The molecule has 0 aromatic heterocycles. The molecule has 0 fully saturated rings. The zero-order valence-corrected chi connectivity index (χ0v) is 13.1. The molecule has 0 aliphatic heterocycles. The SMILES string of the molecule is NS(=O)(=O)c1ccc(NN=C(Cc2ccccc2)C(F)(F)F)cc1. The zero-order valence-electron chi connectivity index (χ0n) is 12.3. The van der Waals surface area contributed by atoms with Crippen molar-refractivity contribution in [2.75, 3.05) is 5.43 Å². The number of nitrogens with one attached hydrogen (secondary N) is 1. The maximum absolute atomic E-state index is 13.1. The Morgan fingerprint density at radius 3 is 2.12 bits per heavy atom. The van der Waals surface area contributed by atoms with Crippen molar-refractivity contribution in [3.8, 4) is 0 Å². The summed E-state index contributed by atoms with van der Waals surface area (Å²) in [7, 11) is -3.86. The standard InChI is InChI=1S/C15H14F3N3O2S/c16-15(17,18)14(10-11-4-2-1-3-5-11)21-20-12-6-8-13(9-7-12)24(19,22)23/h1-9,20H,10H2,(H2,19,22,23). The van der Waals surface area contributed by atoms with Crippen molar-refractivity contribution in [2.24, 2.45) is 10.2 Å². The number of sulfonamides is 1. The third kappa shape index (κ3) is 5.07. The van der Waals surface area contributed by atoms with E-state index >= 15 is 0 Å². The topological polar surface area (TPSA) is 84.5 Å². The van der Waals surface area contributed by atoms with E-state index in [1.807, 2.05) is 0 Å². The Bertz CT molecular complexity index is 817. The van der Waals surface area contributed by atoms with Crippen molar-refractivity contribution in [2.45, 2.75) is 17.5 Å². The van der Waals surface area contributed by atoms with Gasteiger partial charge in [-0.15, -0.1) is 0 Å². The molecule has 0 aliphatic rings. The fourth-order valence-corrected chi connectivity index (χ4v) is 2.36. The van der Waals surface area contributed by atoms with Crippen LogP contribution in [0, 0.1) is 0 Å². The fraction of sp³-hybridized carbons (Fsp3) is 0.133. The first-order valence-electron chi connectivity index (χ1n) is 6.73. The number of hydrogen-bond acceptors (Lipinski definition) is 4. The predicted octanol–water partition coefficient (Wildman–Crippen LogP) is 2.91. The second-order valence-electron chi connectivity index (χ2n) is 4.90. The zero-order chi connectivity index (χ0) is 17.8. The van der Waals surface area contributed by atoms with E-state index in [9.17, 15) is 21.6 Å². The molecule has 0 unspecified atom stereocenters. The predicted molar refractivity (Wildman–Crippen MR) is 85.1 cm³/mol. The summed E-state index contributed by atoms with van der Waals surface area (Å²) in [5.74, 6) is 0. The van der Waals surface area contributed by atoms with Crippen LogP contribution in [-0.4, -0.2) is 20.3 Å². The van der Waals surface area contributed by atoms with Gasteiger partial charge in [0.25, 0.3) is 0 Å². The van der Waals surface area contributed by atoms with Crippen LogP contribution in [0.1, 0.15) is 5.56 Å². The molecule has 0 aliphatic carbocycles. The lowest BCUT2D eigenvalue weighted by Crippen LogP contribution is -2.26. The summed E-state index contributed by atoms with van der Waals surface area (Å²) in [5, 5.41) is 8.36. The minimum atomic E-state index is -4.59. The Morgan fingerprint density at radius 2 is 1.62 bits per heavy atom. The summed E-state index contributed by atoms with van der Waals surface area (Å²) < 4.78 is 61.4. The number of hydrazone groups is 1. The molecule has 128 valence electrons. The summed E-state index contributed by atoms with van der Waals surface area (Å²) in [6.45, 7) is 0. The van der Waals surface area contributed by atoms with Crippen molar-refractivity contribution in [1.29, 1.82) is 0 Å². The molecule has 9 heteroatoms. The number of rotatable bonds is 5. The molecule has 0 heterocycles. The summed E-state index contributed by atoms with van der Waals surface area (Å²) in [5.41, 5.74) is 1.96. The summed E-state index contributed by atoms with van der Waals surface area (Å²) in [6.07, 6.45) is -4.98. The van der Waals surface area contributed by atoms with Crippen LogP contribution in [0.15, 0.2) is 64.6 Å². The molecule has 0 saturated carbocycles. The van der Waals surface area contributed by atoms with Crippen LogP contribution in [0.3, 0.4) is 0 Å². The van der Waals surface area contributed by atoms with Crippen LogP contribution in [0.2, 0.25) is 0 Å². The molecule has 24 heavy (non-hydrogen) atoms. The molecule has 0 radical (unpaired) electrons. The lowest BCUT2D eigenvalue weighted by Gasteiger charge is -2.11. The van der Waals surface area contributed by atoms with Crippen LogP contribution in [0.25, 0.3) is 0 Å². The molecule has 0 amide bonds. The maximum atomic E-state index is 13.1. The van der Waals surface area contributed by atoms with Gasteiger partial charge >= 0.3 is 6.18 Å². The Balaban J connectivity index is 2.18. The quantitative estimate of drug-likeness (QED) is 0.637. The second kappa shape index (κ2) is 7.02. The van der Waals surface area contributed by atoms with Crippen LogP contribution in [0.5, 0.6) is 0 Å². The molecule has 0 bridgehead atoms. The molecule has 2 aromatic carbocycles. The first kappa shape index (κ1) is 18.0. The molecule has 5 nitrogen and oxygen atoms in total. The fourth-order valence-electron chi connectivity index (χ4n) is 1.84. The van der Waals surface area contributed by atoms with E-state index in [1.165, 1.54) is 24.3 Å². The van der Waals surface area contributed by atoms with Gasteiger partial charge in [-0.3, -0.25) is 5.43 Å². The average Bonchev–Trinajstić information content (AvgIpc) is 2.51. The van der Waals surface area contributed by atoms with E-state index in [-0.39, 0.29) is 17.0 Å². The van der Waals surface area contributed by atoms with Crippen molar-refractivity contribution < 1.29 is 21.6 Å². The molecule has 0 saturated heterocycles. The van der Waals surface area contributed by atoms with Crippen molar-refractivity contribution in [3.05, 3.63) is 60.2 Å². The average molecular weight is 357 g/mol. The Labute approximate surface area is 137 Å². The monoisotopic (exact) mass is 357 g/mol. The van der Waals surface area contributed by atoms with Crippen LogP contribution >= 0.6 is 0 Å². The number of hydrogen-bond donors (Lipinski definition) is 2. The van der Waals surface area contributed by atoms with Gasteiger partial charge in [0.05, 0.1) is 10.6 Å².